The fraction of sp³-hybridized carbons (Fsp3) is 0.769. The Morgan fingerprint density at radius 2 is 1.76 bits per heavy atom. The lowest BCUT2D eigenvalue weighted by atomic mass is 9.92. The van der Waals surface area contributed by atoms with Gasteiger partial charge in [-0.3, -0.25) is 0 Å². The molecule has 1 aromatic heterocycles. The number of aromatic nitrogens is 3. The normalized spacial score (nSPS) is 17.6. The van der Waals surface area contributed by atoms with E-state index in [1.165, 1.54) is 25.7 Å². The molecular weight excluding hydrogens is 212 g/mol. The van der Waals surface area contributed by atoms with Crippen LogP contribution in [0.1, 0.15) is 64.0 Å². The van der Waals surface area contributed by atoms with Gasteiger partial charge >= 0.3 is 0 Å². The van der Waals surface area contributed by atoms with Crippen molar-refractivity contribution in [2.45, 2.75) is 58.8 Å². The summed E-state index contributed by atoms with van der Waals surface area (Å²) in [5, 5.41) is 0. The molecule has 0 saturated heterocycles. The Morgan fingerprint density at radius 1 is 1.12 bits per heavy atom. The van der Waals surface area contributed by atoms with Crippen LogP contribution in [0.3, 0.4) is 0 Å². The lowest BCUT2D eigenvalue weighted by Crippen LogP contribution is -2.16. The van der Waals surface area contributed by atoms with Gasteiger partial charge in [-0.25, -0.2) is 4.98 Å². The van der Waals surface area contributed by atoms with Crippen LogP contribution >= 0.6 is 0 Å². The van der Waals surface area contributed by atoms with Gasteiger partial charge in [-0.05, 0) is 18.3 Å². The first kappa shape index (κ1) is 12.3. The number of nitrogens with two attached hydrogens (primary N) is 1. The van der Waals surface area contributed by atoms with Crippen LogP contribution in [0, 0.1) is 5.41 Å². The van der Waals surface area contributed by atoms with Crippen LogP contribution < -0.4 is 5.73 Å². The topological polar surface area (TPSA) is 64.7 Å². The number of rotatable bonds is 2. The Morgan fingerprint density at radius 3 is 2.35 bits per heavy atom. The van der Waals surface area contributed by atoms with Gasteiger partial charge in [0.1, 0.15) is 11.6 Å². The van der Waals surface area contributed by atoms with Crippen LogP contribution in [0.5, 0.6) is 0 Å². The first-order valence-corrected chi connectivity index (χ1v) is 6.44. The minimum Gasteiger partial charge on any atom is -0.368 e. The van der Waals surface area contributed by atoms with E-state index in [0.29, 0.717) is 11.9 Å². The molecule has 0 spiro atoms. The average molecular weight is 234 g/mol. The summed E-state index contributed by atoms with van der Waals surface area (Å²) in [7, 11) is 0. The van der Waals surface area contributed by atoms with Gasteiger partial charge in [0.05, 0.1) is 0 Å². The predicted octanol–water partition coefficient (Wildman–Crippen LogP) is 2.70. The van der Waals surface area contributed by atoms with Crippen LogP contribution in [-0.2, 0) is 6.42 Å². The molecule has 2 rings (SSSR count). The molecule has 17 heavy (non-hydrogen) atoms. The first-order valence-electron chi connectivity index (χ1n) is 6.44. The van der Waals surface area contributed by atoms with Gasteiger partial charge in [-0.2, -0.15) is 9.97 Å². The van der Waals surface area contributed by atoms with Crippen LogP contribution in [0.2, 0.25) is 0 Å². The fourth-order valence-corrected chi connectivity index (χ4v) is 2.38. The molecule has 4 heteroatoms. The summed E-state index contributed by atoms with van der Waals surface area (Å²) in [5.74, 6) is 2.63. The monoisotopic (exact) mass is 234 g/mol. The van der Waals surface area contributed by atoms with Gasteiger partial charge in [-0.1, -0.05) is 33.6 Å². The predicted molar refractivity (Wildman–Crippen MR) is 68.6 cm³/mol. The highest BCUT2D eigenvalue weighted by Crippen LogP contribution is 2.32. The molecule has 0 amide bonds. The van der Waals surface area contributed by atoms with Crippen molar-refractivity contribution < 1.29 is 0 Å². The van der Waals surface area contributed by atoms with Crippen LogP contribution in [0.15, 0.2) is 0 Å². The summed E-state index contributed by atoms with van der Waals surface area (Å²) >= 11 is 0. The maximum absolute atomic E-state index is 5.78. The van der Waals surface area contributed by atoms with Crippen molar-refractivity contribution >= 4 is 5.95 Å². The summed E-state index contributed by atoms with van der Waals surface area (Å²) in [6.45, 7) is 6.55. The second-order valence-electron chi connectivity index (χ2n) is 6.19. The smallest absolute Gasteiger partial charge is 0.223 e. The Balaban J connectivity index is 2.22. The third kappa shape index (κ3) is 3.38. The molecule has 0 atom stereocenters. The minimum absolute atomic E-state index is 0.181. The number of hydrogen-bond donors (Lipinski definition) is 1. The highest BCUT2D eigenvalue weighted by molar-refractivity contribution is 5.18. The molecule has 1 aliphatic rings. The van der Waals surface area contributed by atoms with Crippen molar-refractivity contribution in [2.75, 3.05) is 5.73 Å². The SMILES string of the molecule is CC(C)(C)Cc1nc(N)nc(C2CCCC2)n1. The van der Waals surface area contributed by atoms with Crippen molar-refractivity contribution in [1.82, 2.24) is 15.0 Å². The highest BCUT2D eigenvalue weighted by Gasteiger charge is 2.22. The third-order valence-corrected chi connectivity index (χ3v) is 3.13. The summed E-state index contributed by atoms with van der Waals surface area (Å²) in [6.07, 6.45) is 5.80. The van der Waals surface area contributed by atoms with E-state index < -0.39 is 0 Å². The molecule has 0 radical (unpaired) electrons. The van der Waals surface area contributed by atoms with Gasteiger partial charge in [0.25, 0.3) is 0 Å². The zero-order chi connectivity index (χ0) is 12.5. The third-order valence-electron chi connectivity index (χ3n) is 3.13. The van der Waals surface area contributed by atoms with Crippen LogP contribution in [0.4, 0.5) is 5.95 Å². The molecule has 1 fully saturated rings. The lowest BCUT2D eigenvalue weighted by Gasteiger charge is -2.17. The van der Waals surface area contributed by atoms with Crippen molar-refractivity contribution in [2.24, 2.45) is 5.41 Å². The minimum atomic E-state index is 0.181. The molecule has 1 aromatic rings. The number of anilines is 1. The first-order chi connectivity index (χ1) is 7.94. The van der Waals surface area contributed by atoms with Gasteiger partial charge < -0.3 is 5.73 Å². The molecule has 0 aliphatic heterocycles. The quantitative estimate of drug-likeness (QED) is 0.854. The molecule has 0 bridgehead atoms. The Kier molecular flexibility index (Phi) is 3.31. The fourth-order valence-electron chi connectivity index (χ4n) is 2.38. The maximum atomic E-state index is 5.78. The molecule has 4 nitrogen and oxygen atoms in total. The van der Waals surface area contributed by atoms with Gasteiger partial charge in [0.15, 0.2) is 0 Å². The molecule has 1 heterocycles. The zero-order valence-corrected chi connectivity index (χ0v) is 11.0. The van der Waals surface area contributed by atoms with Crippen molar-refractivity contribution in [3.05, 3.63) is 11.6 Å². The molecule has 0 unspecified atom stereocenters. The van der Waals surface area contributed by atoms with Crippen molar-refractivity contribution in [3.63, 3.8) is 0 Å². The van der Waals surface area contributed by atoms with Crippen LogP contribution in [-0.4, -0.2) is 15.0 Å². The number of nitrogens with zero attached hydrogens (tertiary/aromatic N) is 3. The van der Waals surface area contributed by atoms with E-state index in [0.717, 1.165) is 18.1 Å². The second kappa shape index (κ2) is 4.59. The number of hydrogen-bond acceptors (Lipinski definition) is 4. The van der Waals surface area contributed by atoms with Gasteiger partial charge in [0.2, 0.25) is 5.95 Å². The van der Waals surface area contributed by atoms with Crippen LogP contribution in [0.25, 0.3) is 0 Å². The van der Waals surface area contributed by atoms with E-state index in [1.807, 2.05) is 0 Å². The van der Waals surface area contributed by atoms with E-state index in [-0.39, 0.29) is 5.41 Å². The number of nitrogen functional groups attached to an aromatic ring is 1. The van der Waals surface area contributed by atoms with Gasteiger partial charge in [0, 0.05) is 12.3 Å². The Labute approximate surface area is 103 Å². The lowest BCUT2D eigenvalue weighted by molar-refractivity contribution is 0.398. The molecule has 0 aromatic carbocycles. The maximum Gasteiger partial charge on any atom is 0.223 e. The highest BCUT2D eigenvalue weighted by atomic mass is 15.1. The van der Waals surface area contributed by atoms with E-state index in [1.54, 1.807) is 0 Å². The Bertz CT molecular complexity index is 389. The van der Waals surface area contributed by atoms with Gasteiger partial charge in [-0.15, -0.1) is 0 Å². The zero-order valence-electron chi connectivity index (χ0n) is 11.0. The summed E-state index contributed by atoms with van der Waals surface area (Å²) in [4.78, 5) is 13.1. The summed E-state index contributed by atoms with van der Waals surface area (Å²) < 4.78 is 0. The van der Waals surface area contributed by atoms with Crippen molar-refractivity contribution in [3.8, 4) is 0 Å². The summed E-state index contributed by atoms with van der Waals surface area (Å²) in [6, 6.07) is 0. The van der Waals surface area contributed by atoms with E-state index in [9.17, 15) is 0 Å². The van der Waals surface area contributed by atoms with Crippen molar-refractivity contribution in [1.29, 1.82) is 0 Å². The molecule has 94 valence electrons. The molecule has 1 aliphatic carbocycles. The summed E-state index contributed by atoms with van der Waals surface area (Å²) in [5.41, 5.74) is 5.96. The van der Waals surface area contributed by atoms with E-state index in [4.69, 9.17) is 5.73 Å². The van der Waals surface area contributed by atoms with E-state index in [2.05, 4.69) is 35.7 Å². The standard InChI is InChI=1S/C13H22N4/c1-13(2,3)8-10-15-11(17-12(14)16-10)9-6-4-5-7-9/h9H,4-8H2,1-3H3,(H2,14,15,16,17). The molecule has 1 saturated carbocycles. The Hall–Kier alpha value is -1.19. The largest absolute Gasteiger partial charge is 0.368 e. The molecule has 2 N–H and O–H groups in total. The molecular formula is C13H22N4. The van der Waals surface area contributed by atoms with E-state index >= 15 is 0 Å². The average Bonchev–Trinajstić information content (AvgIpc) is 2.65. The second-order valence-corrected chi connectivity index (χ2v) is 6.19.